The summed E-state index contributed by atoms with van der Waals surface area (Å²) in [6, 6.07) is 11.3. The van der Waals surface area contributed by atoms with Crippen LogP contribution in [-0.4, -0.2) is 46.5 Å². The first-order valence-electron chi connectivity index (χ1n) is 8.65. The van der Waals surface area contributed by atoms with Crippen molar-refractivity contribution in [1.29, 1.82) is 0 Å². The van der Waals surface area contributed by atoms with E-state index in [1.807, 2.05) is 24.3 Å². The van der Waals surface area contributed by atoms with Gasteiger partial charge in [0.25, 0.3) is 5.91 Å². The number of rotatable bonds is 4. The average molecular weight is 364 g/mol. The Kier molecular flexibility index (Phi) is 4.50. The molecular weight excluding hydrogens is 344 g/mol. The van der Waals surface area contributed by atoms with Crippen LogP contribution in [0.15, 0.2) is 48.9 Å². The highest BCUT2D eigenvalue weighted by Gasteiger charge is 2.32. The largest absolute Gasteiger partial charge is 0.497 e. The Morgan fingerprint density at radius 3 is 2.63 bits per heavy atom. The molecule has 1 aliphatic heterocycles. The molecule has 2 aromatic heterocycles. The smallest absolute Gasteiger partial charge is 0.272 e. The molecule has 0 aliphatic carbocycles. The number of aromatic amines is 1. The fourth-order valence-electron chi connectivity index (χ4n) is 3.39. The van der Waals surface area contributed by atoms with Gasteiger partial charge in [0.15, 0.2) is 0 Å². The van der Waals surface area contributed by atoms with Gasteiger partial charge in [-0.2, -0.15) is 0 Å². The van der Waals surface area contributed by atoms with Crippen molar-refractivity contribution < 1.29 is 14.3 Å². The van der Waals surface area contributed by atoms with Crippen molar-refractivity contribution in [2.75, 3.05) is 20.8 Å². The lowest BCUT2D eigenvalue weighted by atomic mass is 9.90. The number of fused-ring (bicyclic) bond motifs is 1. The molecule has 0 saturated heterocycles. The minimum Gasteiger partial charge on any atom is -0.497 e. The third kappa shape index (κ3) is 3.23. The molecule has 1 aromatic carbocycles. The van der Waals surface area contributed by atoms with Crippen molar-refractivity contribution in [3.63, 3.8) is 0 Å². The Labute approximate surface area is 157 Å². The first kappa shape index (κ1) is 17.1. The van der Waals surface area contributed by atoms with Crippen LogP contribution in [-0.2, 0) is 6.54 Å². The first-order valence-corrected chi connectivity index (χ1v) is 8.65. The number of aromatic nitrogens is 3. The lowest BCUT2D eigenvalue weighted by molar-refractivity contribution is 0.0715. The van der Waals surface area contributed by atoms with E-state index in [0.29, 0.717) is 24.5 Å². The molecule has 7 heteroatoms. The molecule has 1 unspecified atom stereocenters. The molecule has 1 N–H and O–H groups in total. The van der Waals surface area contributed by atoms with Crippen LogP contribution in [0.5, 0.6) is 11.5 Å². The number of imidazole rings is 1. The normalized spacial score (nSPS) is 15.9. The van der Waals surface area contributed by atoms with Gasteiger partial charge in [-0.1, -0.05) is 12.1 Å². The van der Waals surface area contributed by atoms with E-state index >= 15 is 0 Å². The molecule has 1 aliphatic rings. The maximum absolute atomic E-state index is 13.0. The summed E-state index contributed by atoms with van der Waals surface area (Å²) in [6.45, 7) is 1.00. The van der Waals surface area contributed by atoms with Crippen molar-refractivity contribution in [3.05, 3.63) is 71.6 Å². The van der Waals surface area contributed by atoms with Crippen molar-refractivity contribution in [3.8, 4) is 11.5 Å². The zero-order valence-corrected chi connectivity index (χ0v) is 15.2. The van der Waals surface area contributed by atoms with Crippen LogP contribution in [0.3, 0.4) is 0 Å². The minimum atomic E-state index is -0.132. The molecule has 0 saturated carbocycles. The standard InChI is InChI=1S/C20H20N4O3/c1-26-14-5-3-13(4-6-14)16-10-24(11-18-19(16)23-12-22-18)20(25)17-9-15(27-2)7-8-21-17/h3-9,12,16H,10-11H2,1-2H3,(H,22,23). The summed E-state index contributed by atoms with van der Waals surface area (Å²) in [5.41, 5.74) is 3.37. The van der Waals surface area contributed by atoms with Crippen LogP contribution in [0.4, 0.5) is 0 Å². The zero-order valence-electron chi connectivity index (χ0n) is 15.2. The number of nitrogens with zero attached hydrogens (tertiary/aromatic N) is 3. The number of carbonyl (C=O) groups excluding carboxylic acids is 1. The topological polar surface area (TPSA) is 80.3 Å². The molecular formula is C20H20N4O3. The van der Waals surface area contributed by atoms with E-state index < -0.39 is 0 Å². The fraction of sp³-hybridized carbons (Fsp3) is 0.250. The van der Waals surface area contributed by atoms with Gasteiger partial charge in [0.05, 0.1) is 38.5 Å². The Balaban J connectivity index is 1.65. The number of pyridine rings is 1. The summed E-state index contributed by atoms with van der Waals surface area (Å²) >= 11 is 0. The molecule has 1 amide bonds. The summed E-state index contributed by atoms with van der Waals surface area (Å²) in [4.78, 5) is 26.7. The molecule has 0 fully saturated rings. The quantitative estimate of drug-likeness (QED) is 0.770. The summed E-state index contributed by atoms with van der Waals surface area (Å²) in [5, 5.41) is 0. The van der Waals surface area contributed by atoms with E-state index in [2.05, 4.69) is 15.0 Å². The zero-order chi connectivity index (χ0) is 18.8. The summed E-state index contributed by atoms with van der Waals surface area (Å²) in [6.07, 6.45) is 3.26. The molecule has 7 nitrogen and oxygen atoms in total. The molecule has 0 spiro atoms. The van der Waals surface area contributed by atoms with Crippen LogP contribution < -0.4 is 9.47 Å². The van der Waals surface area contributed by atoms with Gasteiger partial charge in [-0.25, -0.2) is 4.98 Å². The van der Waals surface area contributed by atoms with E-state index in [1.54, 1.807) is 43.8 Å². The number of amides is 1. The summed E-state index contributed by atoms with van der Waals surface area (Å²) in [5.74, 6) is 1.26. The Hall–Kier alpha value is -3.35. The second-order valence-electron chi connectivity index (χ2n) is 6.36. The third-order valence-electron chi connectivity index (χ3n) is 4.83. The average Bonchev–Trinajstić information content (AvgIpc) is 3.21. The first-order chi connectivity index (χ1) is 13.2. The number of hydrogen-bond donors (Lipinski definition) is 1. The van der Waals surface area contributed by atoms with Gasteiger partial charge in [0.1, 0.15) is 17.2 Å². The maximum atomic E-state index is 13.0. The van der Waals surface area contributed by atoms with Crippen molar-refractivity contribution in [1.82, 2.24) is 19.9 Å². The van der Waals surface area contributed by atoms with Crippen molar-refractivity contribution in [2.45, 2.75) is 12.5 Å². The van der Waals surface area contributed by atoms with E-state index in [9.17, 15) is 4.79 Å². The van der Waals surface area contributed by atoms with Gasteiger partial charge in [-0.05, 0) is 23.8 Å². The highest BCUT2D eigenvalue weighted by atomic mass is 16.5. The van der Waals surface area contributed by atoms with E-state index in [0.717, 1.165) is 22.7 Å². The number of benzene rings is 1. The van der Waals surface area contributed by atoms with Gasteiger partial charge in [-0.3, -0.25) is 9.78 Å². The van der Waals surface area contributed by atoms with Crippen LogP contribution in [0, 0.1) is 0 Å². The van der Waals surface area contributed by atoms with E-state index in [4.69, 9.17) is 9.47 Å². The molecule has 1 atom stereocenters. The lowest BCUT2D eigenvalue weighted by Gasteiger charge is -2.32. The second-order valence-corrected chi connectivity index (χ2v) is 6.36. The minimum absolute atomic E-state index is 0.0135. The van der Waals surface area contributed by atoms with Crippen molar-refractivity contribution in [2.24, 2.45) is 0 Å². The number of hydrogen-bond acceptors (Lipinski definition) is 5. The second kappa shape index (κ2) is 7.11. The number of carbonyl (C=O) groups is 1. The predicted molar refractivity (Wildman–Crippen MR) is 99.0 cm³/mol. The van der Waals surface area contributed by atoms with Gasteiger partial charge in [0.2, 0.25) is 0 Å². The molecule has 27 heavy (non-hydrogen) atoms. The molecule has 4 rings (SSSR count). The number of nitrogens with one attached hydrogen (secondary N) is 1. The fourth-order valence-corrected chi connectivity index (χ4v) is 3.39. The maximum Gasteiger partial charge on any atom is 0.272 e. The Morgan fingerprint density at radius 1 is 1.11 bits per heavy atom. The summed E-state index contributed by atoms with van der Waals surface area (Å²) in [7, 11) is 3.21. The molecule has 3 heterocycles. The number of methoxy groups -OCH3 is 2. The van der Waals surface area contributed by atoms with Gasteiger partial charge in [0, 0.05) is 24.7 Å². The van der Waals surface area contributed by atoms with Crippen LogP contribution in [0.25, 0.3) is 0 Å². The third-order valence-corrected chi connectivity index (χ3v) is 4.83. The Morgan fingerprint density at radius 2 is 1.89 bits per heavy atom. The number of ether oxygens (including phenoxy) is 2. The van der Waals surface area contributed by atoms with Crippen molar-refractivity contribution >= 4 is 5.91 Å². The molecule has 138 valence electrons. The van der Waals surface area contributed by atoms with Crippen LogP contribution in [0.1, 0.15) is 33.4 Å². The number of H-pyrrole nitrogens is 1. The van der Waals surface area contributed by atoms with Crippen LogP contribution in [0.2, 0.25) is 0 Å². The van der Waals surface area contributed by atoms with E-state index in [1.165, 1.54) is 0 Å². The summed E-state index contributed by atoms with van der Waals surface area (Å²) < 4.78 is 10.5. The van der Waals surface area contributed by atoms with Gasteiger partial charge >= 0.3 is 0 Å². The Bertz CT molecular complexity index is 952. The monoisotopic (exact) mass is 364 g/mol. The van der Waals surface area contributed by atoms with Gasteiger partial charge < -0.3 is 19.4 Å². The SMILES string of the molecule is COc1ccc(C2CN(C(=O)c3cc(OC)ccn3)Cc3[nH]cnc32)cc1. The molecule has 3 aromatic rings. The predicted octanol–water partition coefficient (Wildman–Crippen LogP) is 2.61. The van der Waals surface area contributed by atoms with Crippen LogP contribution >= 0.6 is 0 Å². The lowest BCUT2D eigenvalue weighted by Crippen LogP contribution is -2.39. The highest BCUT2D eigenvalue weighted by molar-refractivity contribution is 5.92. The van der Waals surface area contributed by atoms with E-state index in [-0.39, 0.29) is 11.8 Å². The highest BCUT2D eigenvalue weighted by Crippen LogP contribution is 2.33. The molecule has 0 radical (unpaired) electrons. The molecule has 0 bridgehead atoms. The van der Waals surface area contributed by atoms with Gasteiger partial charge in [-0.15, -0.1) is 0 Å².